The third kappa shape index (κ3) is 1.76. The average molecular weight is 120 g/mol. The van der Waals surface area contributed by atoms with E-state index in [9.17, 15) is 0 Å². The Morgan fingerprint density at radius 3 is 3.22 bits per heavy atom. The first-order valence-corrected chi connectivity index (χ1v) is 2.82. The van der Waals surface area contributed by atoms with Crippen LogP contribution in [0.1, 0.15) is 12.2 Å². The first-order valence-electron chi connectivity index (χ1n) is 2.82. The maximum Gasteiger partial charge on any atom is 0.112 e. The van der Waals surface area contributed by atoms with Crippen LogP contribution in [-0.4, -0.2) is 0 Å². The highest BCUT2D eigenvalue weighted by molar-refractivity contribution is 5.09. The number of hydrogen-bond donors (Lipinski definition) is 0. The largest absolute Gasteiger partial charge is 0.469 e. The second-order valence-corrected chi connectivity index (χ2v) is 1.65. The molecule has 0 saturated carbocycles. The zero-order valence-corrected chi connectivity index (χ0v) is 5.13. The number of furan rings is 1. The third-order valence-corrected chi connectivity index (χ3v) is 0.942. The van der Waals surface area contributed by atoms with Crippen molar-refractivity contribution >= 4 is 0 Å². The molecule has 0 spiro atoms. The van der Waals surface area contributed by atoms with Crippen molar-refractivity contribution in [3.05, 3.63) is 43.2 Å². The van der Waals surface area contributed by atoms with E-state index in [1.165, 1.54) is 0 Å². The van der Waals surface area contributed by atoms with E-state index in [1.54, 1.807) is 12.3 Å². The fourth-order valence-corrected chi connectivity index (χ4v) is 0.552. The van der Waals surface area contributed by atoms with E-state index in [0.29, 0.717) is 0 Å². The van der Waals surface area contributed by atoms with Gasteiger partial charge in [-0.3, -0.25) is 0 Å². The summed E-state index contributed by atoms with van der Waals surface area (Å²) < 4.78 is 4.98. The van der Waals surface area contributed by atoms with Crippen LogP contribution in [0.4, 0.5) is 0 Å². The molecule has 0 aliphatic heterocycles. The van der Waals surface area contributed by atoms with Crippen LogP contribution in [0, 0.1) is 6.42 Å². The molecule has 1 heterocycles. The topological polar surface area (TPSA) is 13.1 Å². The van der Waals surface area contributed by atoms with Crippen LogP contribution >= 0.6 is 0 Å². The molecule has 1 heteroatoms. The quantitative estimate of drug-likeness (QED) is 0.558. The SMILES string of the molecule is C=CC[C]c1ccco1. The predicted octanol–water partition coefficient (Wildman–Crippen LogP) is 2.29. The minimum atomic E-state index is 0.744. The first kappa shape index (κ1) is 6.14. The molecule has 0 aliphatic carbocycles. The molecule has 1 nitrogen and oxygen atoms in total. The lowest BCUT2D eigenvalue weighted by atomic mass is 10.2. The Bertz CT molecular complexity index is 163. The average Bonchev–Trinajstić information content (AvgIpc) is 2.34. The molecule has 0 aliphatic rings. The van der Waals surface area contributed by atoms with Gasteiger partial charge in [0.1, 0.15) is 5.76 Å². The highest BCUT2D eigenvalue weighted by Crippen LogP contribution is 2.05. The van der Waals surface area contributed by atoms with Gasteiger partial charge in [0.2, 0.25) is 0 Å². The van der Waals surface area contributed by atoms with Gasteiger partial charge in [-0.1, -0.05) is 6.08 Å². The van der Waals surface area contributed by atoms with Gasteiger partial charge in [0.25, 0.3) is 0 Å². The van der Waals surface area contributed by atoms with Crippen molar-refractivity contribution in [2.24, 2.45) is 0 Å². The van der Waals surface area contributed by atoms with E-state index in [2.05, 4.69) is 13.0 Å². The van der Waals surface area contributed by atoms with Crippen LogP contribution in [0.3, 0.4) is 0 Å². The first-order chi connectivity index (χ1) is 4.43. The monoisotopic (exact) mass is 120 g/mol. The smallest absolute Gasteiger partial charge is 0.112 e. The van der Waals surface area contributed by atoms with Gasteiger partial charge in [0.05, 0.1) is 12.7 Å². The lowest BCUT2D eigenvalue weighted by Crippen LogP contribution is -1.71. The molecule has 46 valence electrons. The minimum absolute atomic E-state index is 0.744. The van der Waals surface area contributed by atoms with Gasteiger partial charge in [-0.2, -0.15) is 0 Å². The fraction of sp³-hybridized carbons (Fsp3) is 0.125. The van der Waals surface area contributed by atoms with Crippen LogP contribution in [-0.2, 0) is 0 Å². The van der Waals surface area contributed by atoms with Crippen molar-refractivity contribution in [3.63, 3.8) is 0 Å². The van der Waals surface area contributed by atoms with Crippen molar-refractivity contribution in [1.82, 2.24) is 0 Å². The Hall–Kier alpha value is -0.980. The molecule has 0 fully saturated rings. The summed E-state index contributed by atoms with van der Waals surface area (Å²) in [5.41, 5.74) is 0. The van der Waals surface area contributed by atoms with Crippen molar-refractivity contribution < 1.29 is 4.42 Å². The standard InChI is InChI=1S/C8H8O/c1-2-3-5-8-6-4-7-9-8/h2,4,6-7H,1,3H2. The molecule has 9 heavy (non-hydrogen) atoms. The van der Waals surface area contributed by atoms with Gasteiger partial charge in [-0.25, -0.2) is 0 Å². The van der Waals surface area contributed by atoms with Crippen molar-refractivity contribution in [2.45, 2.75) is 6.42 Å². The lowest BCUT2D eigenvalue weighted by Gasteiger charge is -1.85. The molecule has 1 aromatic heterocycles. The molecule has 1 aromatic rings. The Morgan fingerprint density at radius 1 is 1.78 bits per heavy atom. The Morgan fingerprint density at radius 2 is 2.67 bits per heavy atom. The van der Waals surface area contributed by atoms with E-state index < -0.39 is 0 Å². The summed E-state index contributed by atoms with van der Waals surface area (Å²) in [6.45, 7) is 3.56. The zero-order chi connectivity index (χ0) is 6.53. The summed E-state index contributed by atoms with van der Waals surface area (Å²) in [5.74, 6) is 0.787. The molecule has 1 rings (SSSR count). The summed E-state index contributed by atoms with van der Waals surface area (Å²) in [6, 6.07) is 3.70. The van der Waals surface area contributed by atoms with Gasteiger partial charge < -0.3 is 4.42 Å². The maximum atomic E-state index is 4.98. The fourth-order valence-electron chi connectivity index (χ4n) is 0.552. The Balaban J connectivity index is 2.38. The van der Waals surface area contributed by atoms with Gasteiger partial charge in [-0.15, -0.1) is 6.58 Å². The second kappa shape index (κ2) is 3.13. The van der Waals surface area contributed by atoms with E-state index in [0.717, 1.165) is 12.2 Å². The summed E-state index contributed by atoms with van der Waals surface area (Å²) in [6.07, 6.45) is 7.14. The van der Waals surface area contributed by atoms with E-state index in [1.807, 2.05) is 12.1 Å². The molecule has 0 unspecified atom stereocenters. The molecular weight excluding hydrogens is 112 g/mol. The summed E-state index contributed by atoms with van der Waals surface area (Å²) >= 11 is 0. The van der Waals surface area contributed by atoms with Gasteiger partial charge >= 0.3 is 0 Å². The van der Waals surface area contributed by atoms with Crippen LogP contribution in [0.15, 0.2) is 35.5 Å². The van der Waals surface area contributed by atoms with E-state index >= 15 is 0 Å². The van der Waals surface area contributed by atoms with E-state index in [-0.39, 0.29) is 0 Å². The molecule has 0 bridgehead atoms. The highest BCUT2D eigenvalue weighted by Gasteiger charge is 1.91. The molecule has 2 radical (unpaired) electrons. The van der Waals surface area contributed by atoms with Crippen LogP contribution in [0.2, 0.25) is 0 Å². The van der Waals surface area contributed by atoms with Crippen molar-refractivity contribution in [2.75, 3.05) is 0 Å². The zero-order valence-electron chi connectivity index (χ0n) is 5.13. The second-order valence-electron chi connectivity index (χ2n) is 1.65. The minimum Gasteiger partial charge on any atom is -0.469 e. The van der Waals surface area contributed by atoms with Crippen LogP contribution in [0.5, 0.6) is 0 Å². The Kier molecular flexibility index (Phi) is 2.13. The van der Waals surface area contributed by atoms with Crippen molar-refractivity contribution in [3.8, 4) is 0 Å². The van der Waals surface area contributed by atoms with Gasteiger partial charge in [-0.05, 0) is 18.6 Å². The molecule has 0 saturated heterocycles. The predicted molar refractivity (Wildman–Crippen MR) is 35.9 cm³/mol. The highest BCUT2D eigenvalue weighted by atomic mass is 16.3. The van der Waals surface area contributed by atoms with E-state index in [4.69, 9.17) is 4.42 Å². The summed E-state index contributed by atoms with van der Waals surface area (Å²) in [5, 5.41) is 0. The third-order valence-electron chi connectivity index (χ3n) is 0.942. The Labute approximate surface area is 55.0 Å². The van der Waals surface area contributed by atoms with Crippen molar-refractivity contribution in [1.29, 1.82) is 0 Å². The number of hydrogen-bond acceptors (Lipinski definition) is 1. The molecular formula is C8H8O. The van der Waals surface area contributed by atoms with Gasteiger partial charge in [0.15, 0.2) is 0 Å². The molecule has 0 amide bonds. The van der Waals surface area contributed by atoms with Gasteiger partial charge in [0, 0.05) is 0 Å². The lowest BCUT2D eigenvalue weighted by molar-refractivity contribution is 0.538. The summed E-state index contributed by atoms with van der Waals surface area (Å²) in [4.78, 5) is 0. The number of rotatable bonds is 3. The molecule has 0 aromatic carbocycles. The summed E-state index contributed by atoms with van der Waals surface area (Å²) in [7, 11) is 0. The van der Waals surface area contributed by atoms with Crippen LogP contribution < -0.4 is 0 Å². The maximum absolute atomic E-state index is 4.98. The number of allylic oxidation sites excluding steroid dienone is 1. The molecule has 0 N–H and O–H groups in total. The van der Waals surface area contributed by atoms with Crippen LogP contribution in [0.25, 0.3) is 0 Å². The molecule has 0 atom stereocenters. The normalized spacial score (nSPS) is 9.33.